The molecule has 0 radical (unpaired) electrons. The Hall–Kier alpha value is -0.860. The number of carbonyl (C=O) groups is 1. The van der Waals surface area contributed by atoms with E-state index in [0.717, 1.165) is 5.56 Å². The largest absolute Gasteiger partial charge is 0.319 e. The van der Waals surface area contributed by atoms with Crippen LogP contribution in [0.15, 0.2) is 24.3 Å². The zero-order valence-corrected chi connectivity index (χ0v) is 9.84. The van der Waals surface area contributed by atoms with E-state index in [2.05, 4.69) is 0 Å². The predicted octanol–water partition coefficient (Wildman–Crippen LogP) is 2.58. The zero-order chi connectivity index (χ0) is 11.5. The van der Waals surface area contributed by atoms with Gasteiger partial charge in [0, 0.05) is 11.4 Å². The Kier molecular flexibility index (Phi) is 3.89. The summed E-state index contributed by atoms with van der Waals surface area (Å²) >= 11 is 5.76. The minimum atomic E-state index is -0.723. The number of benzene rings is 1. The van der Waals surface area contributed by atoms with E-state index in [4.69, 9.17) is 17.3 Å². The summed E-state index contributed by atoms with van der Waals surface area (Å²) < 4.78 is 0. The van der Waals surface area contributed by atoms with E-state index in [1.165, 1.54) is 0 Å². The lowest BCUT2D eigenvalue weighted by atomic mass is 9.90. The fraction of sp³-hybridized carbons (Fsp3) is 0.417. The normalized spacial score (nSPS) is 14.7. The molecule has 0 saturated heterocycles. The molecule has 0 aliphatic heterocycles. The first-order valence-corrected chi connectivity index (χ1v) is 5.40. The Morgan fingerprint density at radius 2 is 1.93 bits per heavy atom. The lowest BCUT2D eigenvalue weighted by molar-refractivity contribution is -0.123. The van der Waals surface area contributed by atoms with Gasteiger partial charge < -0.3 is 5.73 Å². The molecule has 0 aromatic heterocycles. The second kappa shape index (κ2) is 4.77. The SMILES string of the molecule is CCC(C)(N)C(=O)Cc1ccc(Cl)cc1. The minimum absolute atomic E-state index is 0.0623. The molecule has 0 fully saturated rings. The van der Waals surface area contributed by atoms with Crippen molar-refractivity contribution in [3.8, 4) is 0 Å². The first kappa shape index (κ1) is 12.2. The van der Waals surface area contributed by atoms with Crippen LogP contribution < -0.4 is 5.73 Å². The molecule has 1 atom stereocenters. The summed E-state index contributed by atoms with van der Waals surface area (Å²) in [6.07, 6.45) is 1.03. The summed E-state index contributed by atoms with van der Waals surface area (Å²) in [5.41, 5.74) is 6.09. The van der Waals surface area contributed by atoms with Crippen LogP contribution in [0.25, 0.3) is 0 Å². The van der Waals surface area contributed by atoms with E-state index in [0.29, 0.717) is 17.9 Å². The van der Waals surface area contributed by atoms with Crippen molar-refractivity contribution in [2.75, 3.05) is 0 Å². The summed E-state index contributed by atoms with van der Waals surface area (Å²) in [6.45, 7) is 3.69. The standard InChI is InChI=1S/C12H16ClNO/c1-3-12(2,14)11(15)8-9-4-6-10(13)7-5-9/h4-7H,3,8,14H2,1-2H3. The number of ketones is 1. The Bertz CT molecular complexity index is 343. The van der Waals surface area contributed by atoms with Crippen LogP contribution in [0.1, 0.15) is 25.8 Å². The van der Waals surface area contributed by atoms with Crippen LogP contribution in [0.2, 0.25) is 5.02 Å². The van der Waals surface area contributed by atoms with Gasteiger partial charge in [0.25, 0.3) is 0 Å². The van der Waals surface area contributed by atoms with Crippen molar-refractivity contribution in [1.29, 1.82) is 0 Å². The van der Waals surface area contributed by atoms with Gasteiger partial charge in [0.05, 0.1) is 5.54 Å². The van der Waals surface area contributed by atoms with Crippen molar-refractivity contribution in [3.63, 3.8) is 0 Å². The highest BCUT2D eigenvalue weighted by Crippen LogP contribution is 2.14. The number of carbonyl (C=O) groups excluding carboxylic acids is 1. The maximum absolute atomic E-state index is 11.8. The van der Waals surface area contributed by atoms with E-state index < -0.39 is 5.54 Å². The Balaban J connectivity index is 2.71. The van der Waals surface area contributed by atoms with Gasteiger partial charge in [-0.05, 0) is 31.0 Å². The summed E-state index contributed by atoms with van der Waals surface area (Å²) in [6, 6.07) is 7.27. The third kappa shape index (κ3) is 3.33. The lowest BCUT2D eigenvalue weighted by Crippen LogP contribution is -2.45. The van der Waals surface area contributed by atoms with E-state index in [1.54, 1.807) is 19.1 Å². The molecule has 2 N–H and O–H groups in total. The molecule has 1 unspecified atom stereocenters. The molecule has 1 rings (SSSR count). The van der Waals surface area contributed by atoms with Gasteiger partial charge in [0.15, 0.2) is 5.78 Å². The third-order valence-electron chi connectivity index (χ3n) is 2.65. The summed E-state index contributed by atoms with van der Waals surface area (Å²) in [5, 5.41) is 0.678. The van der Waals surface area contributed by atoms with Gasteiger partial charge in [-0.1, -0.05) is 30.7 Å². The van der Waals surface area contributed by atoms with Crippen molar-refractivity contribution < 1.29 is 4.79 Å². The van der Waals surface area contributed by atoms with E-state index in [-0.39, 0.29) is 5.78 Å². The molecular formula is C12H16ClNO. The van der Waals surface area contributed by atoms with Crippen LogP contribution in [0, 0.1) is 0 Å². The predicted molar refractivity (Wildman–Crippen MR) is 63.0 cm³/mol. The molecule has 0 saturated carbocycles. The number of rotatable bonds is 4. The minimum Gasteiger partial charge on any atom is -0.319 e. The first-order valence-electron chi connectivity index (χ1n) is 5.02. The van der Waals surface area contributed by atoms with Gasteiger partial charge in [0.2, 0.25) is 0 Å². The molecular weight excluding hydrogens is 210 g/mol. The Morgan fingerprint density at radius 3 is 2.40 bits per heavy atom. The lowest BCUT2D eigenvalue weighted by Gasteiger charge is -2.20. The summed E-state index contributed by atoms with van der Waals surface area (Å²) in [7, 11) is 0. The highest BCUT2D eigenvalue weighted by atomic mass is 35.5. The smallest absolute Gasteiger partial charge is 0.156 e. The molecule has 82 valence electrons. The maximum Gasteiger partial charge on any atom is 0.156 e. The van der Waals surface area contributed by atoms with Crippen LogP contribution in [0.3, 0.4) is 0 Å². The van der Waals surface area contributed by atoms with Gasteiger partial charge >= 0.3 is 0 Å². The van der Waals surface area contributed by atoms with Crippen LogP contribution in [-0.4, -0.2) is 11.3 Å². The van der Waals surface area contributed by atoms with Gasteiger partial charge in [0.1, 0.15) is 0 Å². The van der Waals surface area contributed by atoms with Gasteiger partial charge in [-0.2, -0.15) is 0 Å². The van der Waals surface area contributed by atoms with E-state index in [1.807, 2.05) is 19.1 Å². The molecule has 0 bridgehead atoms. The molecule has 1 aromatic carbocycles. The number of halogens is 1. The Morgan fingerprint density at radius 1 is 1.40 bits per heavy atom. The molecule has 0 spiro atoms. The maximum atomic E-state index is 11.8. The van der Waals surface area contributed by atoms with Gasteiger partial charge in [-0.25, -0.2) is 0 Å². The van der Waals surface area contributed by atoms with Crippen molar-refractivity contribution in [3.05, 3.63) is 34.9 Å². The molecule has 1 aromatic rings. The average Bonchev–Trinajstić information content (AvgIpc) is 2.21. The topological polar surface area (TPSA) is 43.1 Å². The van der Waals surface area contributed by atoms with Gasteiger partial charge in [-0.15, -0.1) is 0 Å². The average molecular weight is 226 g/mol. The summed E-state index contributed by atoms with van der Waals surface area (Å²) in [5.74, 6) is 0.0623. The van der Waals surface area contributed by atoms with Crippen molar-refractivity contribution in [1.82, 2.24) is 0 Å². The highest BCUT2D eigenvalue weighted by molar-refractivity contribution is 6.30. The highest BCUT2D eigenvalue weighted by Gasteiger charge is 2.25. The first-order chi connectivity index (χ1) is 6.95. The van der Waals surface area contributed by atoms with Crippen molar-refractivity contribution >= 4 is 17.4 Å². The second-order valence-electron chi connectivity index (χ2n) is 4.00. The van der Waals surface area contributed by atoms with Crippen molar-refractivity contribution in [2.45, 2.75) is 32.2 Å². The van der Waals surface area contributed by atoms with Crippen LogP contribution in [-0.2, 0) is 11.2 Å². The molecule has 0 amide bonds. The van der Waals surface area contributed by atoms with Crippen LogP contribution in [0.5, 0.6) is 0 Å². The number of hydrogen-bond acceptors (Lipinski definition) is 2. The van der Waals surface area contributed by atoms with Crippen molar-refractivity contribution in [2.24, 2.45) is 5.73 Å². The number of hydrogen-bond donors (Lipinski definition) is 1. The quantitative estimate of drug-likeness (QED) is 0.856. The van der Waals surface area contributed by atoms with E-state index in [9.17, 15) is 4.79 Å². The number of nitrogens with two attached hydrogens (primary N) is 1. The molecule has 15 heavy (non-hydrogen) atoms. The molecule has 3 heteroatoms. The number of Topliss-reactive ketones (excluding diaryl/α,β-unsaturated/α-hetero) is 1. The Labute approximate surface area is 95.4 Å². The molecule has 0 aliphatic rings. The van der Waals surface area contributed by atoms with E-state index >= 15 is 0 Å². The second-order valence-corrected chi connectivity index (χ2v) is 4.43. The fourth-order valence-electron chi connectivity index (χ4n) is 1.19. The zero-order valence-electron chi connectivity index (χ0n) is 9.09. The monoisotopic (exact) mass is 225 g/mol. The third-order valence-corrected chi connectivity index (χ3v) is 2.90. The molecule has 0 aliphatic carbocycles. The summed E-state index contributed by atoms with van der Waals surface area (Å²) in [4.78, 5) is 11.8. The molecule has 2 nitrogen and oxygen atoms in total. The van der Waals surface area contributed by atoms with Crippen LogP contribution >= 0.6 is 11.6 Å². The van der Waals surface area contributed by atoms with Crippen LogP contribution in [0.4, 0.5) is 0 Å². The van der Waals surface area contributed by atoms with Gasteiger partial charge in [-0.3, -0.25) is 4.79 Å². The fourth-order valence-corrected chi connectivity index (χ4v) is 1.31. The molecule has 0 heterocycles.